The van der Waals surface area contributed by atoms with E-state index in [1.165, 1.54) is 31.5 Å². The van der Waals surface area contributed by atoms with E-state index in [0.29, 0.717) is 25.0 Å². The summed E-state index contributed by atoms with van der Waals surface area (Å²) in [7, 11) is -3.97. The first-order valence-corrected chi connectivity index (χ1v) is 17.6. The molecule has 0 aromatic heterocycles. The molecule has 0 bridgehead atoms. The van der Waals surface area contributed by atoms with Gasteiger partial charge in [0.2, 0.25) is 0 Å². The Morgan fingerprint density at radius 3 is 2.00 bits per heavy atom. The second-order valence-electron chi connectivity index (χ2n) is 12.2. The molecule has 0 spiro atoms. The molecule has 3 aromatic rings. The number of Topliss-reactive ketones (excluding diaryl/α,β-unsaturated/α-hetero) is 3. The summed E-state index contributed by atoms with van der Waals surface area (Å²) in [6.07, 6.45) is 8.04. The Balaban J connectivity index is 0.000000268. The van der Waals surface area contributed by atoms with E-state index < -0.39 is 20.5 Å². The minimum Gasteiger partial charge on any atom is -0.300 e. The molecule has 4 rings (SSSR count). The van der Waals surface area contributed by atoms with Crippen molar-refractivity contribution in [2.24, 2.45) is 11.8 Å². The van der Waals surface area contributed by atoms with Crippen LogP contribution in [0.1, 0.15) is 76.8 Å². The van der Waals surface area contributed by atoms with Crippen LogP contribution in [0.5, 0.6) is 0 Å². The summed E-state index contributed by atoms with van der Waals surface area (Å²) in [6.45, 7) is 4.98. The van der Waals surface area contributed by atoms with Gasteiger partial charge in [0, 0.05) is 25.2 Å². The zero-order chi connectivity index (χ0) is 33.6. The Labute approximate surface area is 274 Å². The van der Waals surface area contributed by atoms with Gasteiger partial charge in [-0.3, -0.25) is 14.4 Å². The molecule has 3 atom stereocenters. The average Bonchev–Trinajstić information content (AvgIpc) is 3.03. The molecule has 46 heavy (non-hydrogen) atoms. The number of hydrogen-bond donors (Lipinski definition) is 0. The van der Waals surface area contributed by atoms with Gasteiger partial charge in [0.1, 0.15) is 16.3 Å². The third kappa shape index (κ3) is 10.0. The van der Waals surface area contributed by atoms with E-state index in [1.54, 1.807) is 24.3 Å². The van der Waals surface area contributed by atoms with Crippen molar-refractivity contribution in [3.63, 3.8) is 0 Å². The number of sulfone groups is 1. The van der Waals surface area contributed by atoms with Gasteiger partial charge in [-0.05, 0) is 87.6 Å². The van der Waals surface area contributed by atoms with Crippen LogP contribution in [-0.4, -0.2) is 36.3 Å². The fraction of sp³-hybridized carbons (Fsp3) is 0.385. The van der Waals surface area contributed by atoms with Gasteiger partial charge in [-0.25, -0.2) is 8.42 Å². The van der Waals surface area contributed by atoms with E-state index >= 15 is 0 Å². The van der Waals surface area contributed by atoms with Crippen LogP contribution in [0.4, 0.5) is 0 Å². The predicted octanol–water partition coefficient (Wildman–Crippen LogP) is 7.54. The summed E-state index contributed by atoms with van der Waals surface area (Å²) in [5, 5.41) is 0. The lowest BCUT2D eigenvalue weighted by Crippen LogP contribution is -2.56. The fourth-order valence-corrected chi connectivity index (χ4v) is 8.52. The van der Waals surface area contributed by atoms with Crippen LogP contribution in [0.15, 0.2) is 108 Å². The number of rotatable bonds is 14. The molecule has 244 valence electrons. The van der Waals surface area contributed by atoms with Crippen molar-refractivity contribution < 1.29 is 27.6 Å². The van der Waals surface area contributed by atoms with E-state index in [4.69, 9.17) is 0 Å². The Bertz CT molecular complexity index is 1580. The summed E-state index contributed by atoms with van der Waals surface area (Å²) in [6, 6.07) is 27.5. The van der Waals surface area contributed by atoms with Crippen LogP contribution in [0.2, 0.25) is 0 Å². The van der Waals surface area contributed by atoms with Gasteiger partial charge in [-0.2, -0.15) is 0 Å². The van der Waals surface area contributed by atoms with Gasteiger partial charge >= 0.3 is 0 Å². The number of carbonyl (C=O) groups excluding carboxylic acids is 4. The third-order valence-corrected chi connectivity index (χ3v) is 11.1. The predicted molar refractivity (Wildman–Crippen MR) is 182 cm³/mol. The van der Waals surface area contributed by atoms with Crippen molar-refractivity contribution >= 4 is 33.0 Å². The number of ketones is 4. The average molecular weight is 643 g/mol. The van der Waals surface area contributed by atoms with Crippen LogP contribution in [0.25, 0.3) is 0 Å². The quantitative estimate of drug-likeness (QED) is 0.133. The van der Waals surface area contributed by atoms with Crippen molar-refractivity contribution in [3.8, 4) is 0 Å². The lowest BCUT2D eigenvalue weighted by molar-refractivity contribution is -0.126. The Morgan fingerprint density at radius 2 is 1.43 bits per heavy atom. The number of benzene rings is 3. The molecule has 1 saturated carbocycles. The van der Waals surface area contributed by atoms with E-state index in [1.807, 2.05) is 61.5 Å². The molecule has 3 aromatic carbocycles. The maximum Gasteiger partial charge on any atom is 0.191 e. The standard InChI is InChI=1S/C22H24O4S.C17H22O2/c1-17(23)15-19-11-8-14-21(24)22(19,16-18-9-4-2-5-10-18)27(25,26)20-12-6-3-7-13-20;1-14(13-16-10-6-4-7-11-16)17(19)12-8-3-5-9-15(2)18/h2-7,9-10,12-13,19H,8,11,14-16H2,1H3;4-7,9-11,14H,3,8,12-13H2,1-2H3/b;9-5+/t19-,22-;/m1./s1. The smallest absolute Gasteiger partial charge is 0.191 e. The van der Waals surface area contributed by atoms with Crippen LogP contribution >= 0.6 is 0 Å². The van der Waals surface area contributed by atoms with Gasteiger partial charge < -0.3 is 4.79 Å². The van der Waals surface area contributed by atoms with Gasteiger partial charge in [0.05, 0.1) is 4.90 Å². The molecule has 0 radical (unpaired) electrons. The Morgan fingerprint density at radius 1 is 0.870 bits per heavy atom. The number of hydrogen-bond acceptors (Lipinski definition) is 6. The van der Waals surface area contributed by atoms with E-state index in [9.17, 15) is 27.6 Å². The SMILES string of the molecule is CC(=O)/C=C/CCCC(=O)C(C)Cc1ccccc1.CC(=O)C[C@H]1CCCC(=O)[C@]1(Cc1ccccc1)S(=O)(=O)c1ccccc1. The topological polar surface area (TPSA) is 102 Å². The molecule has 0 saturated heterocycles. The molecule has 0 aliphatic heterocycles. The summed E-state index contributed by atoms with van der Waals surface area (Å²) < 4.78 is 26.0. The van der Waals surface area contributed by atoms with E-state index in [0.717, 1.165) is 24.8 Å². The van der Waals surface area contributed by atoms with Crippen molar-refractivity contribution in [1.29, 1.82) is 0 Å². The van der Waals surface area contributed by atoms with Crippen LogP contribution in [0.3, 0.4) is 0 Å². The first kappa shape index (κ1) is 36.5. The molecular weight excluding hydrogens is 596 g/mol. The van der Waals surface area contributed by atoms with Crippen molar-refractivity contribution in [2.75, 3.05) is 0 Å². The number of allylic oxidation sites excluding steroid dienone is 2. The lowest BCUT2D eigenvalue weighted by atomic mass is 9.72. The summed E-state index contributed by atoms with van der Waals surface area (Å²) >= 11 is 0. The zero-order valence-corrected chi connectivity index (χ0v) is 28.0. The second kappa shape index (κ2) is 17.7. The third-order valence-electron chi connectivity index (χ3n) is 8.55. The van der Waals surface area contributed by atoms with Gasteiger partial charge in [0.15, 0.2) is 21.4 Å². The molecule has 0 amide bonds. The normalized spacial score (nSPS) is 18.8. The highest BCUT2D eigenvalue weighted by Gasteiger charge is 2.57. The Hall–Kier alpha value is -3.97. The summed E-state index contributed by atoms with van der Waals surface area (Å²) in [4.78, 5) is 48.0. The van der Waals surface area contributed by atoms with Gasteiger partial charge in [0.25, 0.3) is 0 Å². The summed E-state index contributed by atoms with van der Waals surface area (Å²) in [5.41, 5.74) is 2.00. The van der Waals surface area contributed by atoms with Crippen molar-refractivity contribution in [2.45, 2.75) is 88.2 Å². The van der Waals surface area contributed by atoms with Crippen molar-refractivity contribution in [1.82, 2.24) is 0 Å². The van der Waals surface area contributed by atoms with Crippen LogP contribution in [-0.2, 0) is 41.9 Å². The molecule has 1 fully saturated rings. The monoisotopic (exact) mass is 642 g/mol. The van der Waals surface area contributed by atoms with Gasteiger partial charge in [-0.15, -0.1) is 0 Å². The van der Waals surface area contributed by atoms with Crippen molar-refractivity contribution in [3.05, 3.63) is 114 Å². The molecule has 1 aliphatic rings. The van der Waals surface area contributed by atoms with Gasteiger partial charge in [-0.1, -0.05) is 91.9 Å². The maximum absolute atomic E-state index is 13.8. The van der Waals surface area contributed by atoms with Crippen LogP contribution in [0, 0.1) is 11.8 Å². The maximum atomic E-state index is 13.8. The summed E-state index contributed by atoms with van der Waals surface area (Å²) in [5.74, 6) is -0.437. The fourth-order valence-electron chi connectivity index (χ4n) is 6.18. The van der Waals surface area contributed by atoms with E-state index in [2.05, 4.69) is 12.1 Å². The molecule has 0 heterocycles. The molecule has 1 aliphatic carbocycles. The molecule has 0 N–H and O–H groups in total. The highest BCUT2D eigenvalue weighted by Crippen LogP contribution is 2.45. The highest BCUT2D eigenvalue weighted by molar-refractivity contribution is 7.93. The molecule has 1 unspecified atom stereocenters. The lowest BCUT2D eigenvalue weighted by Gasteiger charge is -2.42. The second-order valence-corrected chi connectivity index (χ2v) is 14.5. The van der Waals surface area contributed by atoms with E-state index in [-0.39, 0.29) is 47.4 Å². The number of carbonyl (C=O) groups is 4. The largest absolute Gasteiger partial charge is 0.300 e. The first-order chi connectivity index (χ1) is 22.0. The highest BCUT2D eigenvalue weighted by atomic mass is 32.2. The Kier molecular flexibility index (Phi) is 14.0. The molecular formula is C39H46O6S. The molecule has 7 heteroatoms. The number of unbranched alkanes of at least 4 members (excludes halogenated alkanes) is 1. The minimum absolute atomic E-state index is 0.0590. The zero-order valence-electron chi connectivity index (χ0n) is 27.2. The van der Waals surface area contributed by atoms with Crippen LogP contribution < -0.4 is 0 Å². The molecule has 6 nitrogen and oxygen atoms in total. The first-order valence-electron chi connectivity index (χ1n) is 16.1. The minimum atomic E-state index is -3.97.